The van der Waals surface area contributed by atoms with Gasteiger partial charge in [-0.2, -0.15) is 0 Å². The third kappa shape index (κ3) is 6.48. The molecule has 1 N–H and O–H groups in total. The van der Waals surface area contributed by atoms with Crippen LogP contribution in [0.3, 0.4) is 0 Å². The highest BCUT2D eigenvalue weighted by atomic mass is 19.4. The normalized spacial score (nSPS) is 11.3. The number of hydrogen-bond acceptors (Lipinski definition) is 3. The number of pyridine rings is 1. The second kappa shape index (κ2) is 7.48. The van der Waals surface area contributed by atoms with Crippen molar-refractivity contribution in [2.75, 3.05) is 5.32 Å². The van der Waals surface area contributed by atoms with Gasteiger partial charge in [0.2, 0.25) is 0 Å². The lowest BCUT2D eigenvalue weighted by Crippen LogP contribution is -2.17. The van der Waals surface area contributed by atoms with Crippen molar-refractivity contribution in [1.29, 1.82) is 0 Å². The highest BCUT2D eigenvalue weighted by Crippen LogP contribution is 2.24. The Morgan fingerprint density at radius 3 is 2.23 bits per heavy atom. The van der Waals surface area contributed by atoms with Gasteiger partial charge in [-0.15, -0.1) is 13.2 Å². The number of benzene rings is 1. The smallest absolute Gasteiger partial charge is 0.406 e. The zero-order chi connectivity index (χ0) is 19.4. The molecule has 136 valence electrons. The van der Waals surface area contributed by atoms with Crippen LogP contribution < -0.4 is 10.1 Å². The van der Waals surface area contributed by atoms with Crippen molar-refractivity contribution in [2.24, 2.45) is 5.41 Å². The lowest BCUT2D eigenvalue weighted by molar-refractivity contribution is -0.274. The Balaban J connectivity index is 2.02. The fourth-order valence-corrected chi connectivity index (χ4v) is 1.80. The molecule has 0 aliphatic heterocycles. The van der Waals surface area contributed by atoms with Crippen LogP contribution in [0.25, 0.3) is 0 Å². The SMILES string of the molecule is CC(C)(C)C#Cc1ccc(C(=O)Nc2ccc(OC(F)(F)F)cc2)cn1. The number of aromatic nitrogens is 1. The van der Waals surface area contributed by atoms with Crippen LogP contribution in [-0.4, -0.2) is 17.3 Å². The molecule has 0 radical (unpaired) electrons. The van der Waals surface area contributed by atoms with Crippen molar-refractivity contribution in [2.45, 2.75) is 27.1 Å². The zero-order valence-corrected chi connectivity index (χ0v) is 14.4. The molecule has 0 unspecified atom stereocenters. The van der Waals surface area contributed by atoms with Gasteiger partial charge in [-0.1, -0.05) is 5.92 Å². The first-order valence-corrected chi connectivity index (χ1v) is 7.68. The molecule has 7 heteroatoms. The van der Waals surface area contributed by atoms with E-state index in [-0.39, 0.29) is 11.2 Å². The van der Waals surface area contributed by atoms with Crippen molar-refractivity contribution < 1.29 is 22.7 Å². The van der Waals surface area contributed by atoms with Crippen LogP contribution >= 0.6 is 0 Å². The minimum atomic E-state index is -4.76. The summed E-state index contributed by atoms with van der Waals surface area (Å²) in [7, 11) is 0. The van der Waals surface area contributed by atoms with Crippen molar-refractivity contribution in [3.63, 3.8) is 0 Å². The molecule has 1 aromatic carbocycles. The van der Waals surface area contributed by atoms with Crippen molar-refractivity contribution in [3.8, 4) is 17.6 Å². The average Bonchev–Trinajstić information content (AvgIpc) is 2.53. The molecule has 0 fully saturated rings. The summed E-state index contributed by atoms with van der Waals surface area (Å²) in [5.74, 6) is 5.17. The van der Waals surface area contributed by atoms with Crippen molar-refractivity contribution >= 4 is 11.6 Å². The van der Waals surface area contributed by atoms with Gasteiger partial charge < -0.3 is 10.1 Å². The molecule has 0 aliphatic rings. The molecule has 2 aromatic rings. The fourth-order valence-electron chi connectivity index (χ4n) is 1.80. The maximum atomic E-state index is 12.2. The van der Waals surface area contributed by atoms with Gasteiger partial charge in [-0.25, -0.2) is 4.98 Å². The number of halogens is 3. The summed E-state index contributed by atoms with van der Waals surface area (Å²) in [5.41, 5.74) is 1.04. The lowest BCUT2D eigenvalue weighted by Gasteiger charge is -2.10. The Hall–Kier alpha value is -3.01. The van der Waals surface area contributed by atoms with E-state index >= 15 is 0 Å². The fraction of sp³-hybridized carbons (Fsp3) is 0.263. The molecule has 0 spiro atoms. The van der Waals surface area contributed by atoms with E-state index in [1.807, 2.05) is 20.8 Å². The van der Waals surface area contributed by atoms with Crippen LogP contribution in [0, 0.1) is 17.3 Å². The molecule has 4 nitrogen and oxygen atoms in total. The Morgan fingerprint density at radius 1 is 1.08 bits per heavy atom. The maximum absolute atomic E-state index is 12.2. The standard InChI is InChI=1S/C19H17F3N2O2/c1-18(2,3)11-10-14-5-4-13(12-23-14)17(25)24-15-6-8-16(9-7-15)26-19(20,21)22/h4-9,12H,1-3H3,(H,24,25). The second-order valence-corrected chi connectivity index (χ2v) is 6.46. The lowest BCUT2D eigenvalue weighted by atomic mass is 9.98. The number of rotatable bonds is 3. The molecule has 0 aliphatic carbocycles. The molecule has 0 bridgehead atoms. The van der Waals surface area contributed by atoms with E-state index < -0.39 is 12.3 Å². The Kier molecular flexibility index (Phi) is 5.56. The Bertz CT molecular complexity index is 825. The monoisotopic (exact) mass is 362 g/mol. The van der Waals surface area contributed by atoms with E-state index in [1.165, 1.54) is 18.3 Å². The van der Waals surface area contributed by atoms with Crippen LogP contribution in [0.2, 0.25) is 0 Å². The predicted octanol–water partition coefficient (Wildman–Crippen LogP) is 4.63. The minimum absolute atomic E-state index is 0.153. The van der Waals surface area contributed by atoms with Crippen molar-refractivity contribution in [3.05, 3.63) is 53.9 Å². The first-order valence-electron chi connectivity index (χ1n) is 7.68. The van der Waals surface area contributed by atoms with Crippen LogP contribution in [0.15, 0.2) is 42.6 Å². The molecule has 0 saturated carbocycles. The van der Waals surface area contributed by atoms with E-state index in [0.717, 1.165) is 12.1 Å². The zero-order valence-electron chi connectivity index (χ0n) is 14.4. The Labute approximate surface area is 149 Å². The summed E-state index contributed by atoms with van der Waals surface area (Å²) in [5, 5.41) is 2.57. The maximum Gasteiger partial charge on any atom is 0.573 e. The molecule has 1 aromatic heterocycles. The quantitative estimate of drug-likeness (QED) is 0.810. The molecule has 0 saturated heterocycles. The Morgan fingerprint density at radius 2 is 1.73 bits per heavy atom. The minimum Gasteiger partial charge on any atom is -0.406 e. The molecular weight excluding hydrogens is 345 g/mol. The van der Waals surface area contributed by atoms with Gasteiger partial charge in [0.25, 0.3) is 5.91 Å². The highest BCUT2D eigenvalue weighted by molar-refractivity contribution is 6.04. The summed E-state index contributed by atoms with van der Waals surface area (Å²) >= 11 is 0. The van der Waals surface area contributed by atoms with Crippen LogP contribution in [0.5, 0.6) is 5.75 Å². The van der Waals surface area contributed by atoms with Gasteiger partial charge in [0, 0.05) is 17.3 Å². The first kappa shape index (κ1) is 19.3. The molecule has 2 rings (SSSR count). The molecule has 26 heavy (non-hydrogen) atoms. The summed E-state index contributed by atoms with van der Waals surface area (Å²) < 4.78 is 40.1. The highest BCUT2D eigenvalue weighted by Gasteiger charge is 2.30. The van der Waals surface area contributed by atoms with Crippen LogP contribution in [0.4, 0.5) is 18.9 Å². The average molecular weight is 362 g/mol. The van der Waals surface area contributed by atoms with E-state index in [2.05, 4.69) is 26.9 Å². The summed E-state index contributed by atoms with van der Waals surface area (Å²) in [6.07, 6.45) is -3.36. The first-order chi connectivity index (χ1) is 12.0. The molecular formula is C19H17F3N2O2. The summed E-state index contributed by atoms with van der Waals surface area (Å²) in [6, 6.07) is 8.08. The number of anilines is 1. The number of nitrogens with zero attached hydrogens (tertiary/aromatic N) is 1. The number of amides is 1. The summed E-state index contributed by atoms with van der Waals surface area (Å²) in [6.45, 7) is 5.94. The molecule has 0 atom stereocenters. The number of nitrogens with one attached hydrogen (secondary N) is 1. The van der Waals surface area contributed by atoms with Crippen molar-refractivity contribution in [1.82, 2.24) is 4.98 Å². The van der Waals surface area contributed by atoms with Gasteiger partial charge in [-0.05, 0) is 63.1 Å². The van der Waals surface area contributed by atoms with E-state index in [9.17, 15) is 18.0 Å². The molecule has 1 heterocycles. The van der Waals surface area contributed by atoms with Gasteiger partial charge in [0.1, 0.15) is 11.4 Å². The third-order valence-corrected chi connectivity index (χ3v) is 2.94. The van der Waals surface area contributed by atoms with E-state index in [4.69, 9.17) is 0 Å². The number of carbonyl (C=O) groups is 1. The number of ether oxygens (including phenoxy) is 1. The van der Waals surface area contributed by atoms with Gasteiger partial charge >= 0.3 is 6.36 Å². The van der Waals surface area contributed by atoms with Crippen LogP contribution in [0.1, 0.15) is 36.8 Å². The largest absolute Gasteiger partial charge is 0.573 e. The number of carbonyl (C=O) groups excluding carboxylic acids is 1. The van der Waals surface area contributed by atoms with E-state index in [1.54, 1.807) is 12.1 Å². The van der Waals surface area contributed by atoms with Crippen LogP contribution in [-0.2, 0) is 0 Å². The molecule has 1 amide bonds. The number of hydrogen-bond donors (Lipinski definition) is 1. The summed E-state index contributed by atoms with van der Waals surface area (Å²) in [4.78, 5) is 16.3. The third-order valence-electron chi connectivity index (χ3n) is 2.94. The van der Waals surface area contributed by atoms with Gasteiger partial charge in [0.15, 0.2) is 0 Å². The van der Waals surface area contributed by atoms with Gasteiger partial charge in [0.05, 0.1) is 5.56 Å². The van der Waals surface area contributed by atoms with E-state index in [0.29, 0.717) is 16.9 Å². The number of alkyl halides is 3. The predicted molar refractivity (Wildman–Crippen MR) is 91.6 cm³/mol. The topological polar surface area (TPSA) is 51.2 Å². The second-order valence-electron chi connectivity index (χ2n) is 6.46. The van der Waals surface area contributed by atoms with Gasteiger partial charge in [-0.3, -0.25) is 4.79 Å².